The summed E-state index contributed by atoms with van der Waals surface area (Å²) in [6, 6.07) is 13.0. The molecule has 2 heterocycles. The molecule has 3 unspecified atom stereocenters. The molecule has 150 valence electrons. The average Bonchev–Trinajstić information content (AvgIpc) is 3.32. The highest BCUT2D eigenvalue weighted by atomic mass is 19.1. The number of amides is 1. The number of fused-ring (bicyclic) bond motifs is 2. The number of hydrogen-bond donors (Lipinski definition) is 2. The number of likely N-dealkylation sites (tertiary alicyclic amines) is 1. The van der Waals surface area contributed by atoms with Gasteiger partial charge in [-0.05, 0) is 80.6 Å². The van der Waals surface area contributed by atoms with Gasteiger partial charge in [-0.15, -0.1) is 0 Å². The van der Waals surface area contributed by atoms with Crippen molar-refractivity contribution in [2.24, 2.45) is 5.92 Å². The van der Waals surface area contributed by atoms with Crippen LogP contribution in [0, 0.1) is 11.7 Å². The van der Waals surface area contributed by atoms with Crippen molar-refractivity contribution in [3.8, 4) is 11.1 Å². The quantitative estimate of drug-likeness (QED) is 0.709. The Kier molecular flexibility index (Phi) is 4.59. The summed E-state index contributed by atoms with van der Waals surface area (Å²) in [4.78, 5) is 15.4. The number of carbonyl (C=O) groups is 1. The van der Waals surface area contributed by atoms with Crippen LogP contribution in [0.3, 0.4) is 0 Å². The van der Waals surface area contributed by atoms with Crippen molar-refractivity contribution >= 4 is 16.8 Å². The maximum Gasteiger partial charge on any atom is 0.272 e. The van der Waals surface area contributed by atoms with Gasteiger partial charge in [0, 0.05) is 17.5 Å². The monoisotopic (exact) mass is 392 g/mol. The van der Waals surface area contributed by atoms with Crippen molar-refractivity contribution < 1.29 is 9.18 Å². The topological polar surface area (TPSA) is 61.0 Å². The zero-order valence-electron chi connectivity index (χ0n) is 16.5. The maximum atomic E-state index is 13.2. The van der Waals surface area contributed by atoms with E-state index in [9.17, 15) is 9.18 Å². The molecule has 1 saturated carbocycles. The molecule has 0 radical (unpaired) electrons. The van der Waals surface area contributed by atoms with Gasteiger partial charge >= 0.3 is 0 Å². The number of carbonyl (C=O) groups excluding carboxylic acids is 1. The van der Waals surface area contributed by atoms with Crippen LogP contribution in [0.5, 0.6) is 0 Å². The molecule has 1 aromatic heterocycles. The third-order valence-electron chi connectivity index (χ3n) is 6.60. The second-order valence-electron chi connectivity index (χ2n) is 8.43. The van der Waals surface area contributed by atoms with E-state index in [-0.39, 0.29) is 17.8 Å². The third kappa shape index (κ3) is 3.42. The Balaban J connectivity index is 1.37. The van der Waals surface area contributed by atoms with E-state index >= 15 is 0 Å². The molecule has 5 rings (SSSR count). The highest BCUT2D eigenvalue weighted by Crippen LogP contribution is 2.36. The number of benzene rings is 2. The summed E-state index contributed by atoms with van der Waals surface area (Å²) in [5.74, 6) is 0.292. The molecule has 3 aromatic rings. The molecule has 1 aliphatic carbocycles. The smallest absolute Gasteiger partial charge is 0.272 e. The molecular weight excluding hydrogens is 367 g/mol. The maximum absolute atomic E-state index is 13.2. The van der Waals surface area contributed by atoms with Gasteiger partial charge in [0.2, 0.25) is 0 Å². The largest absolute Gasteiger partial charge is 0.348 e. The molecule has 2 aliphatic rings. The van der Waals surface area contributed by atoms with Gasteiger partial charge in [-0.25, -0.2) is 4.39 Å². The number of nitrogens with one attached hydrogen (secondary N) is 2. The molecule has 0 bridgehead atoms. The lowest BCUT2D eigenvalue weighted by Gasteiger charge is -2.34. The van der Waals surface area contributed by atoms with E-state index in [4.69, 9.17) is 0 Å². The van der Waals surface area contributed by atoms with Gasteiger partial charge in [-0.3, -0.25) is 9.89 Å². The van der Waals surface area contributed by atoms with E-state index in [1.807, 2.05) is 18.2 Å². The van der Waals surface area contributed by atoms with Crippen molar-refractivity contribution in [1.29, 1.82) is 0 Å². The number of H-pyrrole nitrogens is 1. The Labute approximate surface area is 169 Å². The second kappa shape index (κ2) is 7.26. The first-order valence-corrected chi connectivity index (χ1v) is 10.3. The SMILES string of the molecule is CN1CCCC2CC(NC(=O)c3n[nH]c4ccc(-c5ccc(F)cc5)cc34)CC21. The van der Waals surface area contributed by atoms with Gasteiger partial charge in [-0.2, -0.15) is 5.10 Å². The molecule has 2 N–H and O–H groups in total. The first-order chi connectivity index (χ1) is 14.1. The number of rotatable bonds is 3. The molecule has 5 nitrogen and oxygen atoms in total. The van der Waals surface area contributed by atoms with E-state index in [1.165, 1.54) is 25.0 Å². The Hall–Kier alpha value is -2.73. The minimum absolute atomic E-state index is 0.126. The van der Waals surface area contributed by atoms with Crippen molar-refractivity contribution in [3.05, 3.63) is 54.0 Å². The minimum Gasteiger partial charge on any atom is -0.348 e. The fourth-order valence-corrected chi connectivity index (χ4v) is 5.10. The van der Waals surface area contributed by atoms with Crippen molar-refractivity contribution in [1.82, 2.24) is 20.4 Å². The number of aromatic amines is 1. The van der Waals surface area contributed by atoms with Crippen LogP contribution in [0.1, 0.15) is 36.2 Å². The second-order valence-corrected chi connectivity index (χ2v) is 8.43. The first-order valence-electron chi connectivity index (χ1n) is 10.3. The molecule has 2 fully saturated rings. The third-order valence-corrected chi connectivity index (χ3v) is 6.60. The predicted octanol–water partition coefficient (Wildman–Crippen LogP) is 3.97. The zero-order chi connectivity index (χ0) is 20.0. The number of halogens is 1. The summed E-state index contributed by atoms with van der Waals surface area (Å²) in [5, 5.41) is 11.3. The summed E-state index contributed by atoms with van der Waals surface area (Å²) in [6.07, 6.45) is 4.56. The van der Waals surface area contributed by atoms with Gasteiger partial charge < -0.3 is 10.2 Å². The molecular formula is C23H25FN4O. The first kappa shape index (κ1) is 18.3. The van der Waals surface area contributed by atoms with Crippen molar-refractivity contribution in [2.45, 2.75) is 37.8 Å². The van der Waals surface area contributed by atoms with Gasteiger partial charge in [0.05, 0.1) is 5.52 Å². The normalized spacial score (nSPS) is 24.6. The summed E-state index contributed by atoms with van der Waals surface area (Å²) >= 11 is 0. The van der Waals surface area contributed by atoms with Crippen LogP contribution in [-0.2, 0) is 0 Å². The molecule has 29 heavy (non-hydrogen) atoms. The Morgan fingerprint density at radius 1 is 1.17 bits per heavy atom. The number of aromatic nitrogens is 2. The standard InChI is InChI=1S/C23H25FN4O/c1-28-10-2-3-16-11-18(13-21(16)28)25-23(29)22-19-12-15(6-9-20(19)26-27-22)14-4-7-17(24)8-5-14/h4-9,12,16,18,21H,2-3,10-11,13H2,1H3,(H,25,29)(H,26,27). The minimum atomic E-state index is -0.263. The summed E-state index contributed by atoms with van der Waals surface area (Å²) in [6.45, 7) is 1.15. The molecule has 1 saturated heterocycles. The van der Waals surface area contributed by atoms with E-state index in [2.05, 4.69) is 27.5 Å². The van der Waals surface area contributed by atoms with Crippen LogP contribution in [0.2, 0.25) is 0 Å². The van der Waals surface area contributed by atoms with E-state index in [1.54, 1.807) is 12.1 Å². The lowest BCUT2D eigenvalue weighted by Crippen LogP contribution is -2.40. The molecule has 3 atom stereocenters. The molecule has 2 aromatic carbocycles. The Bertz CT molecular complexity index is 1040. The van der Waals surface area contributed by atoms with Crippen LogP contribution in [0.25, 0.3) is 22.0 Å². The van der Waals surface area contributed by atoms with E-state index < -0.39 is 0 Å². The fourth-order valence-electron chi connectivity index (χ4n) is 5.10. The van der Waals surface area contributed by atoms with Crippen LogP contribution in [0.15, 0.2) is 42.5 Å². The van der Waals surface area contributed by atoms with E-state index in [0.29, 0.717) is 17.7 Å². The number of nitrogens with zero attached hydrogens (tertiary/aromatic N) is 2. The van der Waals surface area contributed by atoms with Crippen LogP contribution >= 0.6 is 0 Å². The summed E-state index contributed by atoms with van der Waals surface area (Å²) in [7, 11) is 2.19. The molecule has 0 spiro atoms. The molecule has 6 heteroatoms. The Morgan fingerprint density at radius 2 is 1.97 bits per heavy atom. The summed E-state index contributed by atoms with van der Waals surface area (Å²) < 4.78 is 13.2. The highest BCUT2D eigenvalue weighted by molar-refractivity contribution is 6.05. The molecule has 1 aliphatic heterocycles. The average molecular weight is 392 g/mol. The van der Waals surface area contributed by atoms with Crippen LogP contribution in [0.4, 0.5) is 4.39 Å². The predicted molar refractivity (Wildman–Crippen MR) is 111 cm³/mol. The van der Waals surface area contributed by atoms with E-state index in [0.717, 1.165) is 41.4 Å². The zero-order valence-corrected chi connectivity index (χ0v) is 16.5. The van der Waals surface area contributed by atoms with Crippen molar-refractivity contribution in [3.63, 3.8) is 0 Å². The fraction of sp³-hybridized carbons (Fsp3) is 0.391. The van der Waals surface area contributed by atoms with Gasteiger partial charge in [0.25, 0.3) is 5.91 Å². The lowest BCUT2D eigenvalue weighted by molar-refractivity contribution is 0.0932. The van der Waals surface area contributed by atoms with Crippen molar-refractivity contribution in [2.75, 3.05) is 13.6 Å². The van der Waals surface area contributed by atoms with Crippen LogP contribution < -0.4 is 5.32 Å². The number of hydrogen-bond acceptors (Lipinski definition) is 3. The summed E-state index contributed by atoms with van der Waals surface area (Å²) in [5.41, 5.74) is 3.08. The lowest BCUT2D eigenvalue weighted by atomic mass is 9.92. The van der Waals surface area contributed by atoms with Gasteiger partial charge in [0.15, 0.2) is 5.69 Å². The molecule has 1 amide bonds. The van der Waals surface area contributed by atoms with Gasteiger partial charge in [0.1, 0.15) is 5.82 Å². The van der Waals surface area contributed by atoms with Crippen LogP contribution in [-0.4, -0.2) is 46.7 Å². The highest BCUT2D eigenvalue weighted by Gasteiger charge is 2.39. The number of piperidine rings is 1. The van der Waals surface area contributed by atoms with Gasteiger partial charge in [-0.1, -0.05) is 18.2 Å². The Morgan fingerprint density at radius 3 is 2.76 bits per heavy atom.